The van der Waals surface area contributed by atoms with Crippen molar-refractivity contribution in [2.45, 2.75) is 0 Å². The van der Waals surface area contributed by atoms with Gasteiger partial charge < -0.3 is 10.2 Å². The number of aromatic nitrogens is 3. The maximum atomic E-state index is 5.27. The highest BCUT2D eigenvalue weighted by Crippen LogP contribution is 2.17. The number of nitrogens with zero attached hydrogens (tertiary/aromatic N) is 3. The van der Waals surface area contributed by atoms with E-state index >= 15 is 0 Å². The Morgan fingerprint density at radius 3 is 2.77 bits per heavy atom. The van der Waals surface area contributed by atoms with E-state index in [4.69, 9.17) is 10.2 Å². The van der Waals surface area contributed by atoms with Crippen LogP contribution in [-0.4, -0.2) is 15.2 Å². The average Bonchev–Trinajstić information content (AvgIpc) is 2.52. The van der Waals surface area contributed by atoms with E-state index in [1.165, 1.54) is 0 Å². The van der Waals surface area contributed by atoms with E-state index in [9.17, 15) is 0 Å². The molecule has 0 bridgehead atoms. The van der Waals surface area contributed by atoms with Crippen LogP contribution in [0.4, 0.5) is 6.01 Å². The molecule has 0 radical (unpaired) electrons. The molecule has 0 saturated carbocycles. The third kappa shape index (κ3) is 1.67. The van der Waals surface area contributed by atoms with Crippen LogP contribution in [0.5, 0.6) is 0 Å². The number of nitrogens with two attached hydrogens (primary N) is 1. The smallest absolute Gasteiger partial charge is 0.313 e. The van der Waals surface area contributed by atoms with E-state index in [-0.39, 0.29) is 6.01 Å². The van der Waals surface area contributed by atoms with Crippen molar-refractivity contribution in [3.8, 4) is 11.6 Å². The van der Waals surface area contributed by atoms with Gasteiger partial charge in [0.05, 0.1) is 0 Å². The fourth-order valence-corrected chi connectivity index (χ4v) is 1.21. The van der Waals surface area contributed by atoms with Gasteiger partial charge in [0.1, 0.15) is 10.3 Å². The summed E-state index contributed by atoms with van der Waals surface area (Å²) in [6.45, 7) is 0. The summed E-state index contributed by atoms with van der Waals surface area (Å²) in [6, 6.07) is 5.44. The zero-order chi connectivity index (χ0) is 9.26. The topological polar surface area (TPSA) is 77.8 Å². The number of nitrogen functional groups attached to an aromatic ring is 1. The van der Waals surface area contributed by atoms with E-state index in [1.54, 1.807) is 6.07 Å². The van der Waals surface area contributed by atoms with E-state index in [1.807, 2.05) is 12.1 Å². The molecular weight excluding hydrogens is 236 g/mol. The Kier molecular flexibility index (Phi) is 1.97. The highest BCUT2D eigenvalue weighted by molar-refractivity contribution is 9.10. The summed E-state index contributed by atoms with van der Waals surface area (Å²) in [5.74, 6) is 0.318. The highest BCUT2D eigenvalue weighted by atomic mass is 79.9. The van der Waals surface area contributed by atoms with Crippen LogP contribution in [0.2, 0.25) is 0 Å². The summed E-state index contributed by atoms with van der Waals surface area (Å²) >= 11 is 3.23. The Labute approximate surface area is 82.1 Å². The van der Waals surface area contributed by atoms with Gasteiger partial charge in [0.2, 0.25) is 0 Å². The summed E-state index contributed by atoms with van der Waals surface area (Å²) in [7, 11) is 0. The number of rotatable bonds is 1. The van der Waals surface area contributed by atoms with Gasteiger partial charge in [-0.25, -0.2) is 4.98 Å². The minimum absolute atomic E-state index is 0.0387. The zero-order valence-corrected chi connectivity index (χ0v) is 8.02. The Balaban J connectivity index is 2.46. The molecule has 2 N–H and O–H groups in total. The van der Waals surface area contributed by atoms with Crippen LogP contribution in [0.15, 0.2) is 27.2 Å². The van der Waals surface area contributed by atoms with Crippen LogP contribution in [0.3, 0.4) is 0 Å². The molecule has 0 fully saturated rings. The van der Waals surface area contributed by atoms with Crippen molar-refractivity contribution in [3.63, 3.8) is 0 Å². The van der Waals surface area contributed by atoms with Gasteiger partial charge in [-0.15, -0.1) is 5.10 Å². The Morgan fingerprint density at radius 1 is 1.31 bits per heavy atom. The van der Waals surface area contributed by atoms with Crippen molar-refractivity contribution in [2.24, 2.45) is 0 Å². The van der Waals surface area contributed by atoms with E-state index in [2.05, 4.69) is 31.1 Å². The number of pyridine rings is 1. The van der Waals surface area contributed by atoms with Gasteiger partial charge in [-0.2, -0.15) is 0 Å². The standard InChI is InChI=1S/C7H5BrN4O/c8-5-3-1-2-4(10-5)6-11-12-7(9)13-6/h1-3H,(H2,9,12). The zero-order valence-electron chi connectivity index (χ0n) is 6.44. The lowest BCUT2D eigenvalue weighted by molar-refractivity contribution is 0.587. The number of halogens is 1. The first-order chi connectivity index (χ1) is 6.25. The van der Waals surface area contributed by atoms with Crippen LogP contribution in [0, 0.1) is 0 Å². The largest absolute Gasteiger partial charge is 0.402 e. The number of hydrogen-bond acceptors (Lipinski definition) is 5. The second-order valence-electron chi connectivity index (χ2n) is 2.29. The SMILES string of the molecule is Nc1nnc(-c2cccc(Br)n2)o1. The first-order valence-corrected chi connectivity index (χ1v) is 4.27. The van der Waals surface area contributed by atoms with Crippen molar-refractivity contribution >= 4 is 21.9 Å². The van der Waals surface area contributed by atoms with Crippen LogP contribution in [-0.2, 0) is 0 Å². The van der Waals surface area contributed by atoms with Crippen LogP contribution in [0.1, 0.15) is 0 Å². The lowest BCUT2D eigenvalue weighted by Crippen LogP contribution is -1.83. The maximum Gasteiger partial charge on any atom is 0.313 e. The molecule has 2 aromatic heterocycles. The highest BCUT2D eigenvalue weighted by Gasteiger charge is 2.07. The molecule has 0 atom stereocenters. The van der Waals surface area contributed by atoms with Crippen molar-refractivity contribution in [1.29, 1.82) is 0 Å². The summed E-state index contributed by atoms with van der Waals surface area (Å²) in [5.41, 5.74) is 5.87. The fourth-order valence-electron chi connectivity index (χ4n) is 0.865. The van der Waals surface area contributed by atoms with E-state index in [0.29, 0.717) is 16.2 Å². The second kappa shape index (κ2) is 3.14. The molecule has 0 aliphatic heterocycles. The predicted molar refractivity (Wildman–Crippen MR) is 49.6 cm³/mol. The lowest BCUT2D eigenvalue weighted by atomic mass is 10.3. The quantitative estimate of drug-likeness (QED) is 0.765. The minimum atomic E-state index is 0.0387. The molecule has 0 unspecified atom stereocenters. The average molecular weight is 241 g/mol. The van der Waals surface area contributed by atoms with E-state index in [0.717, 1.165) is 0 Å². The number of hydrogen-bond donors (Lipinski definition) is 1. The van der Waals surface area contributed by atoms with Crippen molar-refractivity contribution in [1.82, 2.24) is 15.2 Å². The van der Waals surface area contributed by atoms with Gasteiger partial charge >= 0.3 is 6.01 Å². The normalized spacial score (nSPS) is 10.2. The molecule has 5 nitrogen and oxygen atoms in total. The van der Waals surface area contributed by atoms with Crippen molar-refractivity contribution in [3.05, 3.63) is 22.8 Å². The van der Waals surface area contributed by atoms with Gasteiger partial charge in [-0.1, -0.05) is 11.2 Å². The van der Waals surface area contributed by atoms with Gasteiger partial charge in [0.15, 0.2) is 0 Å². The molecule has 0 spiro atoms. The second-order valence-corrected chi connectivity index (χ2v) is 3.10. The van der Waals surface area contributed by atoms with Gasteiger partial charge in [0, 0.05) is 0 Å². The fraction of sp³-hybridized carbons (Fsp3) is 0. The molecule has 0 aliphatic carbocycles. The summed E-state index contributed by atoms with van der Waals surface area (Å²) in [5, 5.41) is 7.23. The third-order valence-electron chi connectivity index (χ3n) is 1.37. The van der Waals surface area contributed by atoms with E-state index < -0.39 is 0 Å². The van der Waals surface area contributed by atoms with Gasteiger partial charge in [-0.3, -0.25) is 0 Å². The molecular formula is C7H5BrN4O. The van der Waals surface area contributed by atoms with Crippen LogP contribution < -0.4 is 5.73 Å². The summed E-state index contributed by atoms with van der Waals surface area (Å²) in [4.78, 5) is 4.12. The summed E-state index contributed by atoms with van der Waals surface area (Å²) < 4.78 is 5.71. The minimum Gasteiger partial charge on any atom is -0.402 e. The monoisotopic (exact) mass is 240 g/mol. The third-order valence-corrected chi connectivity index (χ3v) is 1.82. The van der Waals surface area contributed by atoms with Gasteiger partial charge in [-0.05, 0) is 28.1 Å². The molecule has 2 aromatic rings. The number of anilines is 1. The molecule has 13 heavy (non-hydrogen) atoms. The molecule has 6 heteroatoms. The first-order valence-electron chi connectivity index (χ1n) is 3.47. The predicted octanol–water partition coefficient (Wildman–Crippen LogP) is 1.48. The van der Waals surface area contributed by atoms with Crippen LogP contribution >= 0.6 is 15.9 Å². The molecule has 0 aromatic carbocycles. The molecule has 0 amide bonds. The molecule has 2 heterocycles. The van der Waals surface area contributed by atoms with Crippen LogP contribution in [0.25, 0.3) is 11.6 Å². The molecule has 0 saturated heterocycles. The lowest BCUT2D eigenvalue weighted by Gasteiger charge is -1.92. The molecule has 0 aliphatic rings. The van der Waals surface area contributed by atoms with Gasteiger partial charge in [0.25, 0.3) is 5.89 Å². The molecule has 2 rings (SSSR count). The van der Waals surface area contributed by atoms with Crippen molar-refractivity contribution in [2.75, 3.05) is 5.73 Å². The first kappa shape index (κ1) is 8.18. The molecule has 66 valence electrons. The Hall–Kier alpha value is -1.43. The Morgan fingerprint density at radius 2 is 2.15 bits per heavy atom. The summed E-state index contributed by atoms with van der Waals surface area (Å²) in [6.07, 6.45) is 0. The maximum absolute atomic E-state index is 5.27. The van der Waals surface area contributed by atoms with Crippen molar-refractivity contribution < 1.29 is 4.42 Å². The Bertz CT molecular complexity index is 428.